The summed E-state index contributed by atoms with van der Waals surface area (Å²) in [6.07, 6.45) is 0.841. The van der Waals surface area contributed by atoms with E-state index in [1.807, 2.05) is 0 Å². The fourth-order valence-corrected chi connectivity index (χ4v) is 4.66. The van der Waals surface area contributed by atoms with Crippen LogP contribution in [0.15, 0.2) is 23.1 Å². The van der Waals surface area contributed by atoms with Gasteiger partial charge < -0.3 is 5.32 Å². The van der Waals surface area contributed by atoms with Gasteiger partial charge in [0, 0.05) is 45.3 Å². The summed E-state index contributed by atoms with van der Waals surface area (Å²) in [7, 11) is -3.60. The third-order valence-corrected chi connectivity index (χ3v) is 6.44. The van der Waals surface area contributed by atoms with Crippen molar-refractivity contribution in [2.45, 2.75) is 24.3 Å². The summed E-state index contributed by atoms with van der Waals surface area (Å²) in [5.41, 5.74) is 0.457. The summed E-state index contributed by atoms with van der Waals surface area (Å²) in [6.45, 7) is 6.44. The first-order chi connectivity index (χ1) is 10.5. The molecule has 3 rings (SSSR count). The van der Waals surface area contributed by atoms with Crippen LogP contribution in [0.3, 0.4) is 0 Å². The highest BCUT2D eigenvalue weighted by Gasteiger charge is 2.35. The number of rotatable bonds is 3. The summed E-state index contributed by atoms with van der Waals surface area (Å²) >= 11 is 0. The first kappa shape index (κ1) is 15.9. The predicted molar refractivity (Wildman–Crippen MR) is 82.7 cm³/mol. The van der Waals surface area contributed by atoms with E-state index < -0.39 is 15.8 Å². The number of hydrogen-bond acceptors (Lipinski definition) is 4. The topological polar surface area (TPSA) is 52.7 Å². The summed E-state index contributed by atoms with van der Waals surface area (Å²) in [5.74, 6) is -0.473. The van der Waals surface area contributed by atoms with Crippen LogP contribution >= 0.6 is 0 Å². The summed E-state index contributed by atoms with van der Waals surface area (Å²) < 4.78 is 40.5. The zero-order chi connectivity index (χ0) is 15.7. The lowest BCUT2D eigenvalue weighted by molar-refractivity contribution is 0.179. The maximum absolute atomic E-state index is 13.7. The highest BCUT2D eigenvalue weighted by atomic mass is 32.2. The standard InChI is InChI=1S/C15H22FN3O2S/c1-12-2-3-14(10-15(12)16)22(20,21)19-7-4-13(11-19)18-8-5-17-6-9-18/h2-3,10,13,17H,4-9,11H2,1H3. The molecule has 0 saturated carbocycles. The van der Waals surface area contributed by atoms with Crippen LogP contribution in [0.25, 0.3) is 0 Å². The van der Waals surface area contributed by atoms with Gasteiger partial charge in [-0.3, -0.25) is 4.90 Å². The molecule has 2 heterocycles. The third-order valence-electron chi connectivity index (χ3n) is 4.58. The van der Waals surface area contributed by atoms with Gasteiger partial charge in [-0.2, -0.15) is 4.31 Å². The molecular formula is C15H22FN3O2S. The first-order valence-electron chi connectivity index (χ1n) is 7.69. The molecule has 1 aromatic carbocycles. The van der Waals surface area contributed by atoms with E-state index in [2.05, 4.69) is 10.2 Å². The largest absolute Gasteiger partial charge is 0.314 e. The molecule has 2 fully saturated rings. The van der Waals surface area contributed by atoms with E-state index in [9.17, 15) is 12.8 Å². The van der Waals surface area contributed by atoms with Crippen molar-refractivity contribution in [3.05, 3.63) is 29.6 Å². The molecule has 7 heteroatoms. The number of nitrogens with zero attached hydrogens (tertiary/aromatic N) is 2. The summed E-state index contributed by atoms with van der Waals surface area (Å²) in [6, 6.07) is 4.41. The van der Waals surface area contributed by atoms with E-state index in [1.165, 1.54) is 16.4 Å². The van der Waals surface area contributed by atoms with Crippen molar-refractivity contribution in [2.24, 2.45) is 0 Å². The number of hydrogen-bond donors (Lipinski definition) is 1. The van der Waals surface area contributed by atoms with Crippen molar-refractivity contribution < 1.29 is 12.8 Å². The number of benzene rings is 1. The van der Waals surface area contributed by atoms with E-state index >= 15 is 0 Å². The molecular weight excluding hydrogens is 305 g/mol. The Balaban J connectivity index is 1.74. The monoisotopic (exact) mass is 327 g/mol. The number of nitrogens with one attached hydrogen (secondary N) is 1. The van der Waals surface area contributed by atoms with Gasteiger partial charge in [-0.1, -0.05) is 6.07 Å². The van der Waals surface area contributed by atoms with Gasteiger partial charge in [-0.05, 0) is 31.0 Å². The second-order valence-corrected chi connectivity index (χ2v) is 7.94. The average Bonchev–Trinajstić information content (AvgIpc) is 3.01. The van der Waals surface area contributed by atoms with E-state index in [4.69, 9.17) is 0 Å². The lowest BCUT2D eigenvalue weighted by Gasteiger charge is -2.32. The van der Waals surface area contributed by atoms with Crippen molar-refractivity contribution in [3.8, 4) is 0 Å². The SMILES string of the molecule is Cc1ccc(S(=O)(=O)N2CCC(N3CCNCC3)C2)cc1F. The molecule has 5 nitrogen and oxygen atoms in total. The Hall–Kier alpha value is -1.02. The second-order valence-electron chi connectivity index (χ2n) is 6.00. The van der Waals surface area contributed by atoms with Crippen LogP contribution in [0.4, 0.5) is 4.39 Å². The van der Waals surface area contributed by atoms with Crippen molar-refractivity contribution in [2.75, 3.05) is 39.3 Å². The van der Waals surface area contributed by atoms with Crippen LogP contribution in [0.5, 0.6) is 0 Å². The lowest BCUT2D eigenvalue weighted by Crippen LogP contribution is -2.49. The van der Waals surface area contributed by atoms with Crippen molar-refractivity contribution >= 4 is 10.0 Å². The maximum Gasteiger partial charge on any atom is 0.243 e. The lowest BCUT2D eigenvalue weighted by atomic mass is 10.2. The van der Waals surface area contributed by atoms with E-state index in [0.29, 0.717) is 18.7 Å². The highest BCUT2D eigenvalue weighted by molar-refractivity contribution is 7.89. The molecule has 1 atom stereocenters. The van der Waals surface area contributed by atoms with Crippen molar-refractivity contribution in [3.63, 3.8) is 0 Å². The van der Waals surface area contributed by atoms with Crippen LogP contribution in [-0.2, 0) is 10.0 Å². The van der Waals surface area contributed by atoms with Gasteiger partial charge in [-0.25, -0.2) is 12.8 Å². The van der Waals surface area contributed by atoms with Gasteiger partial charge in [0.25, 0.3) is 0 Å². The number of aryl methyl sites for hydroxylation is 1. The van der Waals surface area contributed by atoms with Crippen molar-refractivity contribution in [1.29, 1.82) is 0 Å². The molecule has 2 aliphatic heterocycles. The fourth-order valence-electron chi connectivity index (χ4n) is 3.16. The van der Waals surface area contributed by atoms with Crippen LogP contribution in [-0.4, -0.2) is 62.9 Å². The minimum absolute atomic E-state index is 0.0524. The second kappa shape index (κ2) is 6.23. The Morgan fingerprint density at radius 2 is 1.95 bits per heavy atom. The zero-order valence-corrected chi connectivity index (χ0v) is 13.6. The van der Waals surface area contributed by atoms with Gasteiger partial charge in [0.05, 0.1) is 4.90 Å². The van der Waals surface area contributed by atoms with Gasteiger partial charge in [0.2, 0.25) is 10.0 Å². The van der Waals surface area contributed by atoms with Crippen LogP contribution in [0.1, 0.15) is 12.0 Å². The molecule has 122 valence electrons. The molecule has 1 N–H and O–H groups in total. The predicted octanol–water partition coefficient (Wildman–Crippen LogP) is 0.802. The Morgan fingerprint density at radius 3 is 2.64 bits per heavy atom. The normalized spacial score (nSPS) is 24.7. The van der Waals surface area contributed by atoms with Crippen LogP contribution < -0.4 is 5.32 Å². The molecule has 0 bridgehead atoms. The van der Waals surface area contributed by atoms with Gasteiger partial charge >= 0.3 is 0 Å². The Morgan fingerprint density at radius 1 is 1.23 bits per heavy atom. The van der Waals surface area contributed by atoms with Crippen molar-refractivity contribution in [1.82, 2.24) is 14.5 Å². The molecule has 2 saturated heterocycles. The molecule has 0 aromatic heterocycles. The van der Waals surface area contributed by atoms with Gasteiger partial charge in [0.15, 0.2) is 0 Å². The minimum Gasteiger partial charge on any atom is -0.314 e. The summed E-state index contributed by atoms with van der Waals surface area (Å²) in [4.78, 5) is 2.40. The molecule has 2 aliphatic rings. The molecule has 0 aliphatic carbocycles. The highest BCUT2D eigenvalue weighted by Crippen LogP contribution is 2.25. The fraction of sp³-hybridized carbons (Fsp3) is 0.600. The first-order valence-corrected chi connectivity index (χ1v) is 9.13. The average molecular weight is 327 g/mol. The smallest absolute Gasteiger partial charge is 0.243 e. The number of piperazine rings is 1. The Bertz CT molecular complexity index is 644. The van der Waals surface area contributed by atoms with Gasteiger partial charge in [0.1, 0.15) is 5.82 Å². The Kier molecular flexibility index (Phi) is 4.49. The minimum atomic E-state index is -3.60. The maximum atomic E-state index is 13.7. The number of sulfonamides is 1. The molecule has 0 radical (unpaired) electrons. The molecule has 1 aromatic rings. The summed E-state index contributed by atoms with van der Waals surface area (Å²) in [5, 5.41) is 3.30. The molecule has 0 spiro atoms. The van der Waals surface area contributed by atoms with Gasteiger partial charge in [-0.15, -0.1) is 0 Å². The zero-order valence-electron chi connectivity index (χ0n) is 12.8. The Labute approximate surface area is 131 Å². The quantitative estimate of drug-likeness (QED) is 0.892. The van der Waals surface area contributed by atoms with Crippen LogP contribution in [0, 0.1) is 12.7 Å². The third kappa shape index (κ3) is 3.03. The van der Waals surface area contributed by atoms with E-state index in [1.54, 1.807) is 6.92 Å². The number of halogens is 1. The van der Waals surface area contributed by atoms with E-state index in [-0.39, 0.29) is 10.9 Å². The van der Waals surface area contributed by atoms with Crippen LogP contribution in [0.2, 0.25) is 0 Å². The molecule has 22 heavy (non-hydrogen) atoms. The molecule has 0 amide bonds. The van der Waals surface area contributed by atoms with E-state index in [0.717, 1.165) is 38.7 Å². The molecule has 1 unspecified atom stereocenters.